The summed E-state index contributed by atoms with van der Waals surface area (Å²) in [5, 5.41) is 12.2. The summed E-state index contributed by atoms with van der Waals surface area (Å²) in [4.78, 5) is 14.5. The molecule has 3 rings (SSSR count). The van der Waals surface area contributed by atoms with Gasteiger partial charge in [0.05, 0.1) is 25.3 Å². The van der Waals surface area contributed by atoms with Gasteiger partial charge in [0, 0.05) is 6.54 Å². The van der Waals surface area contributed by atoms with Crippen molar-refractivity contribution in [2.24, 2.45) is 0 Å². The molecule has 1 fully saturated rings. The molecule has 1 atom stereocenters. The van der Waals surface area contributed by atoms with Crippen molar-refractivity contribution in [3.05, 3.63) is 70.8 Å². The Morgan fingerprint density at radius 1 is 1.19 bits per heavy atom. The Balaban J connectivity index is 1.86. The van der Waals surface area contributed by atoms with E-state index in [-0.39, 0.29) is 18.6 Å². The van der Waals surface area contributed by atoms with Crippen molar-refractivity contribution in [2.75, 3.05) is 19.7 Å². The summed E-state index contributed by atoms with van der Waals surface area (Å²) in [5.74, 6) is 0. The number of rotatable bonds is 3. The minimum Gasteiger partial charge on any atom is -0.360 e. The lowest BCUT2D eigenvalue weighted by molar-refractivity contribution is 0.0154. The fraction of sp³-hybridized carbons (Fsp3) is 0.333. The zero-order valence-electron chi connectivity index (χ0n) is 15.1. The first-order valence-corrected chi connectivity index (χ1v) is 8.76. The summed E-state index contributed by atoms with van der Waals surface area (Å²) in [5.41, 5.74) is 4.36. The van der Waals surface area contributed by atoms with E-state index >= 15 is 0 Å². The third-order valence-electron chi connectivity index (χ3n) is 4.52. The van der Waals surface area contributed by atoms with E-state index in [0.29, 0.717) is 13.2 Å². The van der Waals surface area contributed by atoms with Gasteiger partial charge in [0.25, 0.3) is 0 Å². The second kappa shape index (κ2) is 8.03. The number of nitrogens with zero attached hydrogens (tertiary/aromatic N) is 2. The van der Waals surface area contributed by atoms with Gasteiger partial charge in [-0.05, 0) is 25.0 Å². The lowest BCUT2D eigenvalue weighted by atomic mass is 9.96. The SMILES string of the molecule is Cc1cccc(C(NC(=O)N2CCOC(C#N)C2)c2cccc(C)c2)c1. The third-order valence-corrected chi connectivity index (χ3v) is 4.52. The van der Waals surface area contributed by atoms with Gasteiger partial charge >= 0.3 is 6.03 Å². The molecule has 1 aliphatic rings. The van der Waals surface area contributed by atoms with Crippen molar-refractivity contribution in [2.45, 2.75) is 26.0 Å². The quantitative estimate of drug-likeness (QED) is 0.924. The summed E-state index contributed by atoms with van der Waals surface area (Å²) in [7, 11) is 0. The maximum absolute atomic E-state index is 12.8. The van der Waals surface area contributed by atoms with Gasteiger partial charge in [0.1, 0.15) is 0 Å². The maximum atomic E-state index is 12.8. The first-order chi connectivity index (χ1) is 12.6. The normalized spacial score (nSPS) is 17.0. The van der Waals surface area contributed by atoms with Crippen LogP contribution in [0.1, 0.15) is 28.3 Å². The zero-order valence-corrected chi connectivity index (χ0v) is 15.1. The molecule has 0 bridgehead atoms. The molecule has 0 radical (unpaired) electrons. The van der Waals surface area contributed by atoms with E-state index < -0.39 is 6.10 Å². The molecule has 1 aliphatic heterocycles. The van der Waals surface area contributed by atoms with Gasteiger partial charge in [0.15, 0.2) is 6.10 Å². The molecule has 0 saturated carbocycles. The number of carbonyl (C=O) groups excluding carboxylic acids is 1. The fourth-order valence-corrected chi connectivity index (χ4v) is 3.19. The molecular weight excluding hydrogens is 326 g/mol. The molecule has 5 nitrogen and oxygen atoms in total. The van der Waals surface area contributed by atoms with Crippen LogP contribution in [0.3, 0.4) is 0 Å². The van der Waals surface area contributed by atoms with Crippen molar-refractivity contribution in [1.82, 2.24) is 10.2 Å². The van der Waals surface area contributed by atoms with E-state index in [4.69, 9.17) is 10.00 Å². The number of urea groups is 1. The lowest BCUT2D eigenvalue weighted by Crippen LogP contribution is -2.50. The summed E-state index contributed by atoms with van der Waals surface area (Å²) in [6, 6.07) is 18.0. The van der Waals surface area contributed by atoms with E-state index in [2.05, 4.69) is 23.5 Å². The van der Waals surface area contributed by atoms with Crippen molar-refractivity contribution in [3.63, 3.8) is 0 Å². The number of nitrogens with one attached hydrogen (secondary N) is 1. The van der Waals surface area contributed by atoms with Gasteiger partial charge in [0.2, 0.25) is 0 Å². The molecule has 1 unspecified atom stereocenters. The van der Waals surface area contributed by atoms with Crippen molar-refractivity contribution in [3.8, 4) is 6.07 Å². The monoisotopic (exact) mass is 349 g/mol. The number of carbonyl (C=O) groups is 1. The second-order valence-corrected chi connectivity index (χ2v) is 6.65. The molecule has 2 aromatic carbocycles. The molecule has 2 amide bonds. The largest absolute Gasteiger partial charge is 0.360 e. The molecule has 0 aliphatic carbocycles. The van der Waals surface area contributed by atoms with Gasteiger partial charge in [-0.1, -0.05) is 59.7 Å². The Morgan fingerprint density at radius 2 is 1.81 bits per heavy atom. The first-order valence-electron chi connectivity index (χ1n) is 8.76. The smallest absolute Gasteiger partial charge is 0.318 e. The van der Waals surface area contributed by atoms with Crippen LogP contribution in [-0.4, -0.2) is 36.7 Å². The van der Waals surface area contributed by atoms with Crippen LogP contribution >= 0.6 is 0 Å². The number of morpholine rings is 1. The highest BCUT2D eigenvalue weighted by atomic mass is 16.5. The lowest BCUT2D eigenvalue weighted by Gasteiger charge is -2.32. The van der Waals surface area contributed by atoms with Crippen molar-refractivity contribution in [1.29, 1.82) is 5.26 Å². The molecule has 1 heterocycles. The fourth-order valence-electron chi connectivity index (χ4n) is 3.19. The summed E-state index contributed by atoms with van der Waals surface area (Å²) >= 11 is 0. The van der Waals surface area contributed by atoms with Gasteiger partial charge in [-0.25, -0.2) is 4.79 Å². The van der Waals surface area contributed by atoms with Crippen molar-refractivity contribution >= 4 is 6.03 Å². The maximum Gasteiger partial charge on any atom is 0.318 e. The Morgan fingerprint density at radius 3 is 2.35 bits per heavy atom. The summed E-state index contributed by atoms with van der Waals surface area (Å²) in [6.07, 6.45) is -0.564. The summed E-state index contributed by atoms with van der Waals surface area (Å²) in [6.45, 7) is 5.23. The highest BCUT2D eigenvalue weighted by Crippen LogP contribution is 2.24. The average molecular weight is 349 g/mol. The van der Waals surface area contributed by atoms with E-state index in [1.165, 1.54) is 0 Å². The molecule has 1 N–H and O–H groups in total. The van der Waals surface area contributed by atoms with E-state index in [1.807, 2.05) is 50.2 Å². The summed E-state index contributed by atoms with van der Waals surface area (Å²) < 4.78 is 5.33. The number of amides is 2. The van der Waals surface area contributed by atoms with Crippen molar-refractivity contribution < 1.29 is 9.53 Å². The zero-order chi connectivity index (χ0) is 18.5. The molecule has 134 valence electrons. The first kappa shape index (κ1) is 18.0. The number of benzene rings is 2. The standard InChI is InChI=1S/C21H23N3O2/c1-15-5-3-7-17(11-15)20(18-8-4-6-16(2)12-18)23-21(25)24-9-10-26-19(13-22)14-24/h3-8,11-12,19-20H,9-10,14H2,1-2H3,(H,23,25). The predicted molar refractivity (Wildman–Crippen MR) is 99.7 cm³/mol. The highest BCUT2D eigenvalue weighted by Gasteiger charge is 2.26. The van der Waals surface area contributed by atoms with Crippen LogP contribution in [-0.2, 0) is 4.74 Å². The third kappa shape index (κ3) is 4.22. The Kier molecular flexibility index (Phi) is 5.55. The van der Waals surface area contributed by atoms with Crippen LogP contribution < -0.4 is 5.32 Å². The van der Waals surface area contributed by atoms with Crippen LogP contribution in [0.2, 0.25) is 0 Å². The average Bonchev–Trinajstić information content (AvgIpc) is 2.66. The van der Waals surface area contributed by atoms with Gasteiger partial charge in [-0.3, -0.25) is 0 Å². The van der Waals surface area contributed by atoms with Crippen LogP contribution in [0.15, 0.2) is 48.5 Å². The number of ether oxygens (including phenoxy) is 1. The molecule has 0 spiro atoms. The molecule has 5 heteroatoms. The second-order valence-electron chi connectivity index (χ2n) is 6.65. The number of nitriles is 1. The highest BCUT2D eigenvalue weighted by molar-refractivity contribution is 5.75. The van der Waals surface area contributed by atoms with Gasteiger partial charge < -0.3 is 15.0 Å². The van der Waals surface area contributed by atoms with Crippen LogP contribution in [0.4, 0.5) is 4.79 Å². The number of hydrogen-bond donors (Lipinski definition) is 1. The number of hydrogen-bond acceptors (Lipinski definition) is 3. The van der Waals surface area contributed by atoms with E-state index in [0.717, 1.165) is 22.3 Å². The van der Waals surface area contributed by atoms with E-state index in [1.54, 1.807) is 4.90 Å². The number of aryl methyl sites for hydroxylation is 2. The molecule has 2 aromatic rings. The van der Waals surface area contributed by atoms with Crippen LogP contribution in [0.25, 0.3) is 0 Å². The molecule has 0 aromatic heterocycles. The van der Waals surface area contributed by atoms with Gasteiger partial charge in [-0.2, -0.15) is 5.26 Å². The predicted octanol–water partition coefficient (Wildman–Crippen LogP) is 3.33. The Labute approximate surface area is 154 Å². The molecule has 26 heavy (non-hydrogen) atoms. The molecular formula is C21H23N3O2. The Hall–Kier alpha value is -2.84. The van der Waals surface area contributed by atoms with Crippen LogP contribution in [0.5, 0.6) is 0 Å². The molecule has 1 saturated heterocycles. The minimum atomic E-state index is -0.564. The van der Waals surface area contributed by atoms with E-state index in [9.17, 15) is 4.79 Å². The Bertz CT molecular complexity index is 783. The van der Waals surface area contributed by atoms with Gasteiger partial charge in [-0.15, -0.1) is 0 Å². The topological polar surface area (TPSA) is 65.4 Å². The van der Waals surface area contributed by atoms with Crippen LogP contribution in [0, 0.1) is 25.2 Å². The minimum absolute atomic E-state index is 0.179.